The van der Waals surface area contributed by atoms with E-state index in [9.17, 15) is 28.8 Å². The molecule has 0 radical (unpaired) electrons. The maximum Gasteiger partial charge on any atom is 0.344 e. The highest BCUT2D eigenvalue weighted by molar-refractivity contribution is 5.85. The first-order chi connectivity index (χ1) is 70.1. The van der Waals surface area contributed by atoms with Crippen LogP contribution in [-0.4, -0.2) is 103 Å². The number of carbonyl (C=O) groups is 6. The van der Waals surface area contributed by atoms with Crippen molar-refractivity contribution in [2.45, 2.75) is 415 Å². The third kappa shape index (κ3) is 37.4. The number of hydrogen-bond acceptors (Lipinski definition) is 18. The van der Waals surface area contributed by atoms with Gasteiger partial charge in [-0.15, -0.1) is 0 Å². The van der Waals surface area contributed by atoms with E-state index in [1.807, 2.05) is 183 Å². The van der Waals surface area contributed by atoms with Crippen molar-refractivity contribution in [3.63, 3.8) is 0 Å². The molecular weight excluding hydrogens is 1840 g/mol. The van der Waals surface area contributed by atoms with Crippen LogP contribution in [-0.2, 0) is 57.2 Å². The van der Waals surface area contributed by atoms with E-state index < -0.39 is 22.4 Å². The van der Waals surface area contributed by atoms with Gasteiger partial charge in [0.25, 0.3) is 0 Å². The van der Waals surface area contributed by atoms with Crippen LogP contribution in [0, 0.1) is 40.9 Å². The molecule has 147 heavy (non-hydrogen) atoms. The van der Waals surface area contributed by atoms with Crippen LogP contribution in [0.2, 0.25) is 0 Å². The van der Waals surface area contributed by atoms with E-state index in [0.717, 1.165) is 149 Å². The summed E-state index contributed by atoms with van der Waals surface area (Å²) >= 11 is 0. The first kappa shape index (κ1) is 119. The van der Waals surface area contributed by atoms with E-state index >= 15 is 0 Å². The molecule has 7 unspecified atom stereocenters. The molecule has 8 aliphatic rings. The predicted octanol–water partition coefficient (Wildman–Crippen LogP) is 32.7. The van der Waals surface area contributed by atoms with Crippen LogP contribution in [0.3, 0.4) is 0 Å². The Kier molecular flexibility index (Phi) is 46.4. The van der Waals surface area contributed by atoms with Crippen LogP contribution in [0.1, 0.15) is 426 Å². The van der Waals surface area contributed by atoms with E-state index in [1.165, 1.54) is 129 Å². The molecule has 18 heteroatoms. The highest BCUT2D eigenvalue weighted by Gasteiger charge is 2.59. The zero-order valence-corrected chi connectivity index (χ0v) is 93.7. The van der Waals surface area contributed by atoms with Gasteiger partial charge in [-0.3, -0.25) is 0 Å². The predicted molar refractivity (Wildman–Crippen MR) is 592 cm³/mol. The summed E-state index contributed by atoms with van der Waals surface area (Å²) in [4.78, 5) is 73.0. The number of rotatable bonds is 41. The number of fused-ring (bicyclic) bond motifs is 1. The molecule has 7 atom stereocenters. The van der Waals surface area contributed by atoms with Gasteiger partial charge in [0.05, 0.1) is 0 Å². The van der Waals surface area contributed by atoms with Crippen molar-refractivity contribution < 1.29 is 85.6 Å². The van der Waals surface area contributed by atoms with Crippen LogP contribution in [0.4, 0.5) is 0 Å². The summed E-state index contributed by atoms with van der Waals surface area (Å²) < 4.78 is 67.9. The lowest BCUT2D eigenvalue weighted by Crippen LogP contribution is -2.57. The van der Waals surface area contributed by atoms with Crippen molar-refractivity contribution in [1.29, 1.82) is 0 Å². The van der Waals surface area contributed by atoms with Gasteiger partial charge < -0.3 is 56.8 Å². The van der Waals surface area contributed by atoms with E-state index in [-0.39, 0.29) is 92.6 Å². The number of benzene rings is 8. The Morgan fingerprint density at radius 1 is 0.293 bits per heavy atom. The van der Waals surface area contributed by atoms with Crippen LogP contribution in [0.25, 0.3) is 10.8 Å². The third-order valence-electron chi connectivity index (χ3n) is 33.3. The van der Waals surface area contributed by atoms with Crippen LogP contribution < -0.4 is 28.4 Å². The quantitative estimate of drug-likeness (QED) is 0.0257. The van der Waals surface area contributed by atoms with E-state index in [2.05, 4.69) is 158 Å². The average Bonchev–Trinajstić information content (AvgIpc) is 0.936. The second kappa shape index (κ2) is 57.6. The molecule has 16 rings (SSSR count). The highest BCUT2D eigenvalue weighted by atomic mass is 16.6. The normalized spacial score (nSPS) is 19.5. The second-order valence-corrected chi connectivity index (χ2v) is 45.9. The van der Waals surface area contributed by atoms with Gasteiger partial charge >= 0.3 is 35.8 Å². The molecule has 0 saturated heterocycles. The molecule has 18 nitrogen and oxygen atoms in total. The summed E-state index contributed by atoms with van der Waals surface area (Å²) in [7, 11) is 0. The van der Waals surface area contributed by atoms with E-state index in [1.54, 1.807) is 0 Å². The molecule has 4 bridgehead atoms. The molecule has 0 N–H and O–H groups in total. The zero-order chi connectivity index (χ0) is 106. The molecule has 0 aromatic heterocycles. The molecule has 0 heterocycles. The fourth-order valence-electron chi connectivity index (χ4n) is 22.7. The third-order valence-corrected chi connectivity index (χ3v) is 33.3. The molecule has 8 saturated carbocycles. The zero-order valence-electron chi connectivity index (χ0n) is 93.7. The lowest BCUT2D eigenvalue weighted by atomic mass is 9.46. The van der Waals surface area contributed by atoms with Gasteiger partial charge in [-0.2, -0.15) is 0 Å². The Bertz CT molecular complexity index is 5260. The summed E-state index contributed by atoms with van der Waals surface area (Å²) in [6.07, 6.45) is 35.4. The number of ether oxygens (including phenoxy) is 12. The maximum atomic E-state index is 12.6. The number of esters is 6. The van der Waals surface area contributed by atoms with Gasteiger partial charge in [0.1, 0.15) is 68.6 Å². The minimum absolute atomic E-state index is 0.0143. The summed E-state index contributed by atoms with van der Waals surface area (Å²) in [5, 5.41) is 2.33. The first-order valence-electron chi connectivity index (χ1n) is 56.3. The largest absolute Gasteiger partial charge is 0.482 e. The highest BCUT2D eigenvalue weighted by Crippen LogP contribution is 2.64. The van der Waals surface area contributed by atoms with E-state index in [4.69, 9.17) is 56.8 Å². The molecule has 8 aromatic carbocycles. The minimum Gasteiger partial charge on any atom is -0.482 e. The Balaban J connectivity index is 0.000000181. The fraction of sp³-hybridized carbons (Fsp3) is 0.597. The summed E-state index contributed by atoms with van der Waals surface area (Å²) in [6, 6.07) is 62.1. The monoisotopic (exact) mass is 2020 g/mol. The van der Waals surface area contributed by atoms with Gasteiger partial charge in [0.2, 0.25) is 0 Å². The molecule has 0 amide bonds. The van der Waals surface area contributed by atoms with E-state index in [0.29, 0.717) is 70.5 Å². The number of hydrogen-bond donors (Lipinski definition) is 0. The molecule has 806 valence electrons. The van der Waals surface area contributed by atoms with Gasteiger partial charge in [0.15, 0.2) is 39.6 Å². The molecule has 0 aliphatic heterocycles. The maximum absolute atomic E-state index is 12.6. The number of carbonyl (C=O) groups excluding carboxylic acids is 6. The van der Waals surface area contributed by atoms with Gasteiger partial charge in [-0.1, -0.05) is 250 Å². The van der Waals surface area contributed by atoms with Crippen molar-refractivity contribution in [3.05, 3.63) is 227 Å². The summed E-state index contributed by atoms with van der Waals surface area (Å²) in [5.41, 5.74) is 6.96. The SMILES string of the molecule is CCC(C)c1ccc(OCC(=O)OC(C)(C)C23CC4CC(CC(C4)C2)C3)cc1.CCC(C)c1ccc(OCC(=O)OC(C)(C)C2CCCC2)cc1.CCC(C)c1ccc(OCC(=O)OC(C)c2ccccc2)cc1.CCC(C)c1ccc2cc(OCC(=O)OC(C)(C)C3CCCCC3)ccc2c1.CCC(C)c1cccc(OCC(=O)OC(C)(C)C2CCCCC2)c1.CCC(C)c1cccc(OCC(=O)OC2(C)CCCC2)c1. The summed E-state index contributed by atoms with van der Waals surface area (Å²) in [5.74, 6) is 9.67. The molecule has 8 aromatic rings. The van der Waals surface area contributed by atoms with Crippen molar-refractivity contribution in [2.75, 3.05) is 39.6 Å². The van der Waals surface area contributed by atoms with Crippen LogP contribution >= 0.6 is 0 Å². The molecule has 8 fully saturated rings. The van der Waals surface area contributed by atoms with Gasteiger partial charge in [0, 0.05) is 5.41 Å². The Labute approximate surface area is 883 Å². The topological polar surface area (TPSA) is 213 Å². The lowest BCUT2D eigenvalue weighted by Gasteiger charge is -2.61. The average molecular weight is 2020 g/mol. The van der Waals surface area contributed by atoms with Crippen molar-refractivity contribution >= 4 is 46.6 Å². The molecule has 8 aliphatic carbocycles. The van der Waals surface area contributed by atoms with Crippen molar-refractivity contribution in [3.8, 4) is 34.5 Å². The summed E-state index contributed by atoms with van der Waals surface area (Å²) in [6.45, 7) is 46.4. The Morgan fingerprint density at radius 2 is 0.578 bits per heavy atom. The van der Waals surface area contributed by atoms with Crippen LogP contribution in [0.5, 0.6) is 34.5 Å². The van der Waals surface area contributed by atoms with Crippen molar-refractivity contribution in [1.82, 2.24) is 0 Å². The van der Waals surface area contributed by atoms with Crippen LogP contribution in [0.15, 0.2) is 188 Å². The fourth-order valence-corrected chi connectivity index (χ4v) is 22.7. The second-order valence-electron chi connectivity index (χ2n) is 45.9. The Hall–Kier alpha value is -10.4. The Morgan fingerprint density at radius 3 is 0.946 bits per heavy atom. The molecular formula is C129H182O18. The molecule has 0 spiro atoms. The van der Waals surface area contributed by atoms with Gasteiger partial charge in [-0.05, 0) is 404 Å². The van der Waals surface area contributed by atoms with Crippen molar-refractivity contribution in [2.24, 2.45) is 40.9 Å². The minimum atomic E-state index is -0.420. The van der Waals surface area contributed by atoms with Gasteiger partial charge in [-0.25, -0.2) is 28.8 Å². The lowest BCUT2D eigenvalue weighted by molar-refractivity contribution is -0.200. The standard InChI is InChI=1S/C25H36O3.C25H34O3.C21H32O3.C20H30O3.C20H24O3.C18H26O3/c1-5-17(2)21-6-8-22(9-7-21)27-16-23(26)28-24(3,4)25-13-18-10-19(14-25)12-20(11-18)15-25;1-5-18(2)19-11-12-21-16-23(14-13-20(21)15-19)27-17-24(26)28-25(3,4)22-9-7-6-8-10-22;1-5-16(2)17-10-9-13-19(14-17)23-15-20(22)24-21(3,4)18-11-7-6-8-12-18;1-5-15(2)16-10-12-18(13-11-16)22-14-19(21)23-20(3,4)17-8-6-7-9-17;1-4-15(2)17-10-12-19(13-11-17)22-14-20(21)23-16(3)18-8-6-5-7-9-18;1-4-14(2)15-8-7-9-16(12-15)20-13-17(19)21-18(3)10-5-6-11-18/h6-9,17-20H,5,10-16H2,1-4H3;11-16,18,22H,5-10,17H2,1-4H3;9-10,13-14,16,18H,5-8,11-12,15H2,1-4H3;10-13,15,17H,5-9,14H2,1-4H3;5-13,15-16H,4,14H2,1-3H3;7-9,12,14H,4-6,10-11,13H2,1-3H3. The first-order valence-corrected chi connectivity index (χ1v) is 56.3. The smallest absolute Gasteiger partial charge is 0.344 e.